The Balaban J connectivity index is 1.62. The summed E-state index contributed by atoms with van der Waals surface area (Å²) in [7, 11) is 0. The maximum Gasteiger partial charge on any atom is 0.141 e. The van der Waals surface area contributed by atoms with Gasteiger partial charge in [-0.2, -0.15) is 0 Å². The summed E-state index contributed by atoms with van der Waals surface area (Å²) in [6.07, 6.45) is 6.41. The van der Waals surface area contributed by atoms with Crippen LogP contribution in [0.2, 0.25) is 0 Å². The molecule has 0 aliphatic carbocycles. The molecule has 0 N–H and O–H groups in total. The molecule has 24 heavy (non-hydrogen) atoms. The first-order valence-electron chi connectivity index (χ1n) is 8.64. The Morgan fingerprint density at radius 1 is 1.04 bits per heavy atom. The van der Waals surface area contributed by atoms with Crippen LogP contribution in [0, 0.1) is 0 Å². The Kier molecular flexibility index (Phi) is 6.11. The van der Waals surface area contributed by atoms with E-state index in [9.17, 15) is 0 Å². The summed E-state index contributed by atoms with van der Waals surface area (Å²) in [5, 5.41) is 0. The molecule has 2 aromatic rings. The van der Waals surface area contributed by atoms with Crippen molar-refractivity contribution in [2.24, 2.45) is 0 Å². The number of benzene rings is 2. The van der Waals surface area contributed by atoms with Crippen LogP contribution >= 0.6 is 15.9 Å². The van der Waals surface area contributed by atoms with Crippen molar-refractivity contribution < 1.29 is 4.74 Å². The van der Waals surface area contributed by atoms with E-state index in [0.29, 0.717) is 0 Å². The minimum absolute atomic E-state index is 0.836. The standard InChI is InChI=1S/C21H24BrNO/c1-17(13-16-23-14-5-2-6-15-23)18-9-11-19(12-10-18)24-21-8-4-3-7-20(21)22/h3-4,7-13H,2,5-6,14-16H2,1H3. The van der Waals surface area contributed by atoms with Crippen molar-refractivity contribution in [1.82, 2.24) is 4.90 Å². The van der Waals surface area contributed by atoms with Gasteiger partial charge in [0.2, 0.25) is 0 Å². The Labute approximate surface area is 153 Å². The molecule has 1 aliphatic heterocycles. The summed E-state index contributed by atoms with van der Waals surface area (Å²) in [4.78, 5) is 2.54. The normalized spacial score (nSPS) is 16.2. The molecule has 0 atom stereocenters. The van der Waals surface area contributed by atoms with Crippen molar-refractivity contribution >= 4 is 21.5 Å². The summed E-state index contributed by atoms with van der Waals surface area (Å²) in [6, 6.07) is 16.2. The molecule has 2 nitrogen and oxygen atoms in total. The number of allylic oxidation sites excluding steroid dienone is 1. The third kappa shape index (κ3) is 4.71. The quantitative estimate of drug-likeness (QED) is 0.613. The molecule has 0 bridgehead atoms. The maximum absolute atomic E-state index is 5.92. The highest BCUT2D eigenvalue weighted by Crippen LogP contribution is 2.29. The average molecular weight is 386 g/mol. The van der Waals surface area contributed by atoms with Crippen LogP contribution < -0.4 is 4.74 Å². The number of piperidine rings is 1. The van der Waals surface area contributed by atoms with E-state index >= 15 is 0 Å². The van der Waals surface area contributed by atoms with Gasteiger partial charge in [0, 0.05) is 6.54 Å². The van der Waals surface area contributed by atoms with Gasteiger partial charge in [-0.1, -0.05) is 36.8 Å². The number of likely N-dealkylation sites (tertiary alicyclic amines) is 1. The number of ether oxygens (including phenoxy) is 1. The Bertz CT molecular complexity index is 687. The highest BCUT2D eigenvalue weighted by molar-refractivity contribution is 9.10. The van der Waals surface area contributed by atoms with Crippen LogP contribution in [0.15, 0.2) is 59.1 Å². The molecule has 3 rings (SSSR count). The molecule has 3 heteroatoms. The number of para-hydroxylation sites is 1. The minimum atomic E-state index is 0.836. The predicted molar refractivity (Wildman–Crippen MR) is 105 cm³/mol. The van der Waals surface area contributed by atoms with Gasteiger partial charge in [0.1, 0.15) is 11.5 Å². The van der Waals surface area contributed by atoms with Crippen LogP contribution in [0.5, 0.6) is 11.5 Å². The molecule has 126 valence electrons. The van der Waals surface area contributed by atoms with Gasteiger partial charge in [-0.3, -0.25) is 4.90 Å². The monoisotopic (exact) mass is 385 g/mol. The minimum Gasteiger partial charge on any atom is -0.456 e. The molecule has 1 aliphatic rings. The van der Waals surface area contributed by atoms with E-state index in [-0.39, 0.29) is 0 Å². The zero-order valence-electron chi connectivity index (χ0n) is 14.2. The first-order chi connectivity index (χ1) is 11.7. The van der Waals surface area contributed by atoms with E-state index in [2.05, 4.69) is 46.0 Å². The van der Waals surface area contributed by atoms with Crippen molar-refractivity contribution in [3.8, 4) is 11.5 Å². The Morgan fingerprint density at radius 2 is 1.75 bits per heavy atom. The second-order valence-electron chi connectivity index (χ2n) is 6.31. The number of rotatable bonds is 5. The molecule has 2 aromatic carbocycles. The van der Waals surface area contributed by atoms with Crippen LogP contribution in [0.1, 0.15) is 31.7 Å². The van der Waals surface area contributed by atoms with E-state index in [1.165, 1.54) is 43.5 Å². The molecule has 0 amide bonds. The number of nitrogens with zero attached hydrogens (tertiary/aromatic N) is 1. The van der Waals surface area contributed by atoms with Gasteiger partial charge in [0.05, 0.1) is 4.47 Å². The summed E-state index contributed by atoms with van der Waals surface area (Å²) >= 11 is 3.51. The van der Waals surface area contributed by atoms with E-state index in [1.807, 2.05) is 36.4 Å². The molecular weight excluding hydrogens is 362 g/mol. The third-order valence-electron chi connectivity index (χ3n) is 4.48. The Hall–Kier alpha value is -1.58. The van der Waals surface area contributed by atoms with Crippen LogP contribution in [0.3, 0.4) is 0 Å². The first-order valence-corrected chi connectivity index (χ1v) is 9.43. The molecule has 1 fully saturated rings. The van der Waals surface area contributed by atoms with Crippen LogP contribution in [0.4, 0.5) is 0 Å². The van der Waals surface area contributed by atoms with Crippen molar-refractivity contribution in [1.29, 1.82) is 0 Å². The lowest BCUT2D eigenvalue weighted by Gasteiger charge is -2.25. The lowest BCUT2D eigenvalue weighted by Crippen LogP contribution is -2.29. The van der Waals surface area contributed by atoms with Gasteiger partial charge in [0.25, 0.3) is 0 Å². The van der Waals surface area contributed by atoms with Gasteiger partial charge in [-0.05, 0) is 84.2 Å². The number of hydrogen-bond donors (Lipinski definition) is 0. The highest BCUT2D eigenvalue weighted by Gasteiger charge is 2.08. The number of halogens is 1. The van der Waals surface area contributed by atoms with Gasteiger partial charge in [0.15, 0.2) is 0 Å². The zero-order valence-corrected chi connectivity index (χ0v) is 15.8. The first kappa shape index (κ1) is 17.2. The van der Waals surface area contributed by atoms with Crippen LogP contribution in [0.25, 0.3) is 5.57 Å². The molecule has 0 saturated carbocycles. The molecular formula is C21H24BrNO. The molecule has 0 unspecified atom stereocenters. The lowest BCUT2D eigenvalue weighted by atomic mass is 10.1. The van der Waals surface area contributed by atoms with E-state index in [1.54, 1.807) is 0 Å². The van der Waals surface area contributed by atoms with Gasteiger partial charge >= 0.3 is 0 Å². The second-order valence-corrected chi connectivity index (χ2v) is 7.16. The van der Waals surface area contributed by atoms with Crippen molar-refractivity contribution in [2.75, 3.05) is 19.6 Å². The molecule has 0 aromatic heterocycles. The summed E-state index contributed by atoms with van der Waals surface area (Å²) in [6.45, 7) is 5.72. The van der Waals surface area contributed by atoms with Crippen LogP contribution in [-0.2, 0) is 0 Å². The topological polar surface area (TPSA) is 12.5 Å². The van der Waals surface area contributed by atoms with Gasteiger partial charge in [-0.15, -0.1) is 0 Å². The fourth-order valence-electron chi connectivity index (χ4n) is 2.97. The van der Waals surface area contributed by atoms with Gasteiger partial charge < -0.3 is 4.74 Å². The van der Waals surface area contributed by atoms with Crippen molar-refractivity contribution in [3.63, 3.8) is 0 Å². The maximum atomic E-state index is 5.92. The Morgan fingerprint density at radius 3 is 2.46 bits per heavy atom. The van der Waals surface area contributed by atoms with Crippen LogP contribution in [-0.4, -0.2) is 24.5 Å². The summed E-state index contributed by atoms with van der Waals surface area (Å²) < 4.78 is 6.89. The molecule has 0 spiro atoms. The SMILES string of the molecule is CC(=CCN1CCCCC1)c1ccc(Oc2ccccc2Br)cc1. The summed E-state index contributed by atoms with van der Waals surface area (Å²) in [5.41, 5.74) is 2.58. The van der Waals surface area contributed by atoms with Crippen molar-refractivity contribution in [2.45, 2.75) is 26.2 Å². The fraction of sp³-hybridized carbons (Fsp3) is 0.333. The fourth-order valence-corrected chi connectivity index (χ4v) is 3.33. The molecule has 1 saturated heterocycles. The van der Waals surface area contributed by atoms with E-state index in [0.717, 1.165) is 22.5 Å². The van der Waals surface area contributed by atoms with Crippen molar-refractivity contribution in [3.05, 3.63) is 64.6 Å². The largest absolute Gasteiger partial charge is 0.456 e. The molecule has 0 radical (unpaired) electrons. The number of hydrogen-bond acceptors (Lipinski definition) is 2. The van der Waals surface area contributed by atoms with E-state index in [4.69, 9.17) is 4.74 Å². The lowest BCUT2D eigenvalue weighted by molar-refractivity contribution is 0.251. The average Bonchev–Trinajstić information content (AvgIpc) is 2.63. The predicted octanol–water partition coefficient (Wildman–Crippen LogP) is 6.13. The molecule has 1 heterocycles. The smallest absolute Gasteiger partial charge is 0.141 e. The van der Waals surface area contributed by atoms with Gasteiger partial charge in [-0.25, -0.2) is 0 Å². The third-order valence-corrected chi connectivity index (χ3v) is 5.13. The van der Waals surface area contributed by atoms with E-state index < -0.39 is 0 Å². The summed E-state index contributed by atoms with van der Waals surface area (Å²) in [5.74, 6) is 1.69. The second kappa shape index (κ2) is 8.50. The highest BCUT2D eigenvalue weighted by atomic mass is 79.9. The zero-order chi connectivity index (χ0) is 16.8.